The average molecular weight is 388 g/mol. The molecule has 2 rings (SSSR count). The molecule has 0 radical (unpaired) electrons. The zero-order valence-electron chi connectivity index (χ0n) is 15.2. The fourth-order valence-electron chi connectivity index (χ4n) is 3.08. The Morgan fingerprint density at radius 1 is 1.28 bits per heavy atom. The number of sulfonamides is 1. The standard InChI is InChI=1S/C17H26ClN3O3S/c1-5-15(17(22)20-10-8-19(3)9-11-20)21(25(4,23)24)16-12-14(18)7-6-13(16)2/h6-7,12,15H,5,8-11H2,1-4H3/t15-/m1/s1. The molecule has 1 aromatic rings. The number of carbonyl (C=O) groups excluding carboxylic acids is 1. The van der Waals surface area contributed by atoms with Crippen LogP contribution >= 0.6 is 11.6 Å². The third kappa shape index (κ3) is 4.65. The minimum atomic E-state index is -3.65. The number of halogens is 1. The normalized spacial score (nSPS) is 17.4. The molecule has 1 aliphatic heterocycles. The molecule has 1 atom stereocenters. The molecule has 1 aromatic carbocycles. The summed E-state index contributed by atoms with van der Waals surface area (Å²) in [7, 11) is -1.64. The second kappa shape index (κ2) is 7.93. The van der Waals surface area contributed by atoms with Crippen LogP contribution in [0.15, 0.2) is 18.2 Å². The Kier molecular flexibility index (Phi) is 6.35. The highest BCUT2D eigenvalue weighted by molar-refractivity contribution is 7.92. The molecule has 0 bridgehead atoms. The maximum atomic E-state index is 13.1. The molecule has 0 aliphatic carbocycles. The number of hydrogen-bond acceptors (Lipinski definition) is 4. The maximum Gasteiger partial charge on any atom is 0.246 e. The number of rotatable bonds is 5. The molecule has 0 N–H and O–H groups in total. The second-order valence-electron chi connectivity index (χ2n) is 6.54. The van der Waals surface area contributed by atoms with Crippen LogP contribution < -0.4 is 4.31 Å². The summed E-state index contributed by atoms with van der Waals surface area (Å²) in [5.41, 5.74) is 1.23. The van der Waals surface area contributed by atoms with Crippen molar-refractivity contribution >= 4 is 33.2 Å². The Hall–Kier alpha value is -1.31. The van der Waals surface area contributed by atoms with Crippen molar-refractivity contribution in [2.24, 2.45) is 0 Å². The largest absolute Gasteiger partial charge is 0.338 e. The Morgan fingerprint density at radius 2 is 1.88 bits per heavy atom. The van der Waals surface area contributed by atoms with Crippen LogP contribution in [-0.2, 0) is 14.8 Å². The van der Waals surface area contributed by atoms with Gasteiger partial charge in [-0.25, -0.2) is 8.42 Å². The quantitative estimate of drug-likeness (QED) is 0.775. The molecule has 6 nitrogen and oxygen atoms in total. The molecular formula is C17H26ClN3O3S. The van der Waals surface area contributed by atoms with E-state index in [1.54, 1.807) is 23.1 Å². The van der Waals surface area contributed by atoms with Gasteiger partial charge in [0.15, 0.2) is 0 Å². The molecule has 1 heterocycles. The van der Waals surface area contributed by atoms with E-state index in [4.69, 9.17) is 11.6 Å². The number of nitrogens with zero attached hydrogens (tertiary/aromatic N) is 3. The number of piperazine rings is 1. The molecule has 0 aromatic heterocycles. The summed E-state index contributed by atoms with van der Waals surface area (Å²) in [6.45, 7) is 6.44. The Morgan fingerprint density at radius 3 is 2.40 bits per heavy atom. The van der Waals surface area contributed by atoms with Gasteiger partial charge < -0.3 is 9.80 Å². The number of hydrogen-bond donors (Lipinski definition) is 0. The van der Waals surface area contributed by atoms with Gasteiger partial charge in [0.05, 0.1) is 11.9 Å². The molecule has 1 saturated heterocycles. The molecule has 140 valence electrons. The summed E-state index contributed by atoms with van der Waals surface area (Å²) < 4.78 is 26.3. The van der Waals surface area contributed by atoms with Gasteiger partial charge in [-0.2, -0.15) is 0 Å². The van der Waals surface area contributed by atoms with Crippen LogP contribution in [0.25, 0.3) is 0 Å². The highest BCUT2D eigenvalue weighted by Crippen LogP contribution is 2.29. The monoisotopic (exact) mass is 387 g/mol. The average Bonchev–Trinajstić information content (AvgIpc) is 2.54. The van der Waals surface area contributed by atoms with Crippen LogP contribution in [0.3, 0.4) is 0 Å². The first-order chi connectivity index (χ1) is 11.6. The van der Waals surface area contributed by atoms with Crippen molar-refractivity contribution in [1.82, 2.24) is 9.80 Å². The summed E-state index contributed by atoms with van der Waals surface area (Å²) >= 11 is 6.08. The minimum Gasteiger partial charge on any atom is -0.338 e. The number of aryl methyl sites for hydroxylation is 1. The van der Waals surface area contributed by atoms with E-state index in [0.717, 1.165) is 24.9 Å². The third-order valence-corrected chi connectivity index (χ3v) is 5.94. The lowest BCUT2D eigenvalue weighted by Crippen LogP contribution is -2.55. The molecule has 1 fully saturated rings. The number of likely N-dealkylation sites (N-methyl/N-ethyl adjacent to an activating group) is 1. The van der Waals surface area contributed by atoms with Crippen LogP contribution in [0.1, 0.15) is 18.9 Å². The maximum absolute atomic E-state index is 13.1. The lowest BCUT2D eigenvalue weighted by Gasteiger charge is -2.38. The molecule has 1 amide bonds. The van der Waals surface area contributed by atoms with E-state index in [2.05, 4.69) is 4.90 Å². The lowest BCUT2D eigenvalue weighted by atomic mass is 10.1. The molecule has 8 heteroatoms. The van der Waals surface area contributed by atoms with Crippen molar-refractivity contribution in [1.29, 1.82) is 0 Å². The predicted molar refractivity (Wildman–Crippen MR) is 102 cm³/mol. The van der Waals surface area contributed by atoms with Crippen LogP contribution in [0, 0.1) is 6.92 Å². The van der Waals surface area contributed by atoms with Gasteiger partial charge in [0.25, 0.3) is 0 Å². The molecule has 25 heavy (non-hydrogen) atoms. The van der Waals surface area contributed by atoms with Gasteiger partial charge in [-0.15, -0.1) is 0 Å². The molecular weight excluding hydrogens is 362 g/mol. The highest BCUT2D eigenvalue weighted by Gasteiger charge is 2.35. The van der Waals surface area contributed by atoms with Crippen molar-refractivity contribution in [2.75, 3.05) is 43.8 Å². The minimum absolute atomic E-state index is 0.152. The van der Waals surface area contributed by atoms with E-state index >= 15 is 0 Å². The van der Waals surface area contributed by atoms with Gasteiger partial charge in [-0.1, -0.05) is 24.6 Å². The smallest absolute Gasteiger partial charge is 0.246 e. The SMILES string of the molecule is CC[C@H](C(=O)N1CCN(C)CC1)N(c1cc(Cl)ccc1C)S(C)(=O)=O. The zero-order chi connectivity index (χ0) is 18.8. The van der Waals surface area contributed by atoms with Crippen LogP contribution in [0.2, 0.25) is 5.02 Å². The van der Waals surface area contributed by atoms with Crippen molar-refractivity contribution in [3.63, 3.8) is 0 Å². The molecule has 1 aliphatic rings. The van der Waals surface area contributed by atoms with E-state index in [1.807, 2.05) is 20.9 Å². The Labute approximate surface area is 155 Å². The van der Waals surface area contributed by atoms with Crippen molar-refractivity contribution in [3.8, 4) is 0 Å². The van der Waals surface area contributed by atoms with Crippen LogP contribution in [-0.4, -0.2) is 69.6 Å². The van der Waals surface area contributed by atoms with Crippen LogP contribution in [0.4, 0.5) is 5.69 Å². The lowest BCUT2D eigenvalue weighted by molar-refractivity contribution is -0.134. The van der Waals surface area contributed by atoms with Gasteiger partial charge in [-0.3, -0.25) is 9.10 Å². The fraction of sp³-hybridized carbons (Fsp3) is 0.588. The van der Waals surface area contributed by atoms with Crippen LogP contribution in [0.5, 0.6) is 0 Å². The van der Waals surface area contributed by atoms with Gasteiger partial charge in [0, 0.05) is 31.2 Å². The molecule has 0 spiro atoms. The first-order valence-corrected chi connectivity index (χ1v) is 10.6. The summed E-state index contributed by atoms with van der Waals surface area (Å²) in [4.78, 5) is 17.0. The van der Waals surface area contributed by atoms with E-state index in [0.29, 0.717) is 30.2 Å². The molecule has 0 unspecified atom stereocenters. The van der Waals surface area contributed by atoms with Gasteiger partial charge in [0.2, 0.25) is 15.9 Å². The summed E-state index contributed by atoms with van der Waals surface area (Å²) in [5, 5.41) is 0.441. The summed E-state index contributed by atoms with van der Waals surface area (Å²) in [6.07, 6.45) is 1.53. The number of carbonyl (C=O) groups is 1. The number of benzene rings is 1. The first-order valence-electron chi connectivity index (χ1n) is 8.38. The highest BCUT2D eigenvalue weighted by atomic mass is 35.5. The van der Waals surface area contributed by atoms with E-state index in [-0.39, 0.29) is 5.91 Å². The van der Waals surface area contributed by atoms with Crippen molar-refractivity contribution in [3.05, 3.63) is 28.8 Å². The third-order valence-electron chi connectivity index (χ3n) is 4.54. The second-order valence-corrected chi connectivity index (χ2v) is 8.84. The van der Waals surface area contributed by atoms with Crippen molar-refractivity contribution in [2.45, 2.75) is 26.3 Å². The van der Waals surface area contributed by atoms with E-state index < -0.39 is 16.1 Å². The van der Waals surface area contributed by atoms with E-state index in [1.165, 1.54) is 4.31 Å². The number of amides is 1. The number of anilines is 1. The van der Waals surface area contributed by atoms with Crippen molar-refractivity contribution < 1.29 is 13.2 Å². The topological polar surface area (TPSA) is 60.9 Å². The Balaban J connectivity index is 2.41. The van der Waals surface area contributed by atoms with Gasteiger partial charge in [0.1, 0.15) is 6.04 Å². The van der Waals surface area contributed by atoms with E-state index in [9.17, 15) is 13.2 Å². The molecule has 0 saturated carbocycles. The predicted octanol–water partition coefficient (Wildman–Crippen LogP) is 1.97. The summed E-state index contributed by atoms with van der Waals surface area (Å²) in [6, 6.07) is 4.32. The zero-order valence-corrected chi connectivity index (χ0v) is 16.8. The van der Waals surface area contributed by atoms with Gasteiger partial charge in [-0.05, 0) is 38.1 Å². The first kappa shape index (κ1) is 20.0. The Bertz CT molecular complexity index is 731. The fourth-order valence-corrected chi connectivity index (χ4v) is 4.50. The summed E-state index contributed by atoms with van der Waals surface area (Å²) in [5.74, 6) is -0.152. The van der Waals surface area contributed by atoms with Gasteiger partial charge >= 0.3 is 0 Å².